The van der Waals surface area contributed by atoms with Gasteiger partial charge in [0.15, 0.2) is 5.70 Å². The van der Waals surface area contributed by atoms with Gasteiger partial charge in [-0.3, -0.25) is 0 Å². The van der Waals surface area contributed by atoms with Crippen LogP contribution in [0.3, 0.4) is 0 Å². The van der Waals surface area contributed by atoms with Crippen LogP contribution in [0.5, 0.6) is 5.75 Å². The van der Waals surface area contributed by atoms with E-state index in [2.05, 4.69) is 4.99 Å². The van der Waals surface area contributed by atoms with E-state index in [4.69, 9.17) is 25.5 Å². The van der Waals surface area contributed by atoms with Crippen LogP contribution in [-0.2, 0) is 9.53 Å². The Morgan fingerprint density at radius 2 is 2.19 bits per heavy atom. The van der Waals surface area contributed by atoms with Crippen molar-refractivity contribution in [3.8, 4) is 5.75 Å². The van der Waals surface area contributed by atoms with Crippen LogP contribution < -0.4 is 4.74 Å². The van der Waals surface area contributed by atoms with Crippen molar-refractivity contribution in [3.63, 3.8) is 0 Å². The fraction of sp³-hybridized carbons (Fsp3) is 0.0667. The molecule has 0 saturated heterocycles. The minimum atomic E-state index is -0.552. The number of aliphatic imine (C=N–C) groups is 1. The van der Waals surface area contributed by atoms with E-state index in [-0.39, 0.29) is 11.6 Å². The first-order valence-electron chi connectivity index (χ1n) is 6.07. The Morgan fingerprint density at radius 3 is 2.90 bits per heavy atom. The van der Waals surface area contributed by atoms with E-state index >= 15 is 0 Å². The Hall–Kier alpha value is -2.53. The summed E-state index contributed by atoms with van der Waals surface area (Å²) in [7, 11) is 1.52. The largest absolute Gasteiger partial charge is 0.496 e. The molecule has 6 heteroatoms. The molecule has 106 valence electrons. The summed E-state index contributed by atoms with van der Waals surface area (Å²) in [6.07, 6.45) is 3.02. The minimum Gasteiger partial charge on any atom is -0.496 e. The fourth-order valence-corrected chi connectivity index (χ4v) is 2.05. The molecule has 0 unspecified atom stereocenters. The summed E-state index contributed by atoms with van der Waals surface area (Å²) >= 11 is 5.96. The van der Waals surface area contributed by atoms with Crippen molar-refractivity contribution in [2.24, 2.45) is 4.99 Å². The number of nitrogens with zero attached hydrogens (tertiary/aromatic N) is 1. The van der Waals surface area contributed by atoms with Crippen molar-refractivity contribution in [2.75, 3.05) is 7.11 Å². The molecule has 21 heavy (non-hydrogen) atoms. The molecule has 2 aromatic rings. The van der Waals surface area contributed by atoms with E-state index in [0.717, 1.165) is 0 Å². The zero-order valence-corrected chi connectivity index (χ0v) is 11.8. The highest BCUT2D eigenvalue weighted by Crippen LogP contribution is 2.27. The van der Waals surface area contributed by atoms with Gasteiger partial charge in [0.1, 0.15) is 11.5 Å². The summed E-state index contributed by atoms with van der Waals surface area (Å²) in [5, 5.41) is 0.494. The van der Waals surface area contributed by atoms with Crippen molar-refractivity contribution in [2.45, 2.75) is 0 Å². The molecule has 0 N–H and O–H groups in total. The lowest BCUT2D eigenvalue weighted by atomic mass is 10.2. The van der Waals surface area contributed by atoms with Crippen LogP contribution in [0.4, 0.5) is 0 Å². The molecule has 1 aromatic carbocycles. The van der Waals surface area contributed by atoms with Crippen molar-refractivity contribution in [1.82, 2.24) is 0 Å². The van der Waals surface area contributed by atoms with E-state index in [0.29, 0.717) is 22.1 Å². The molecule has 0 fully saturated rings. The zero-order chi connectivity index (χ0) is 14.8. The first kappa shape index (κ1) is 13.5. The van der Waals surface area contributed by atoms with E-state index < -0.39 is 5.97 Å². The van der Waals surface area contributed by atoms with Crippen LogP contribution in [0, 0.1) is 0 Å². The van der Waals surface area contributed by atoms with Crippen LogP contribution in [0.1, 0.15) is 11.3 Å². The first-order chi connectivity index (χ1) is 10.2. The van der Waals surface area contributed by atoms with Gasteiger partial charge in [-0.05, 0) is 30.3 Å². The van der Waals surface area contributed by atoms with Gasteiger partial charge in [0, 0.05) is 11.1 Å². The summed E-state index contributed by atoms with van der Waals surface area (Å²) in [4.78, 5) is 16.0. The molecule has 0 bridgehead atoms. The lowest BCUT2D eigenvalue weighted by Crippen LogP contribution is -2.07. The fourth-order valence-electron chi connectivity index (χ4n) is 1.88. The van der Waals surface area contributed by atoms with Gasteiger partial charge in [-0.15, -0.1) is 0 Å². The summed E-state index contributed by atoms with van der Waals surface area (Å²) < 4.78 is 15.5. The van der Waals surface area contributed by atoms with Crippen molar-refractivity contribution in [3.05, 3.63) is 58.6 Å². The lowest BCUT2D eigenvalue weighted by Gasteiger charge is -2.07. The number of benzene rings is 1. The SMILES string of the molecule is COc1ccc(Cl)cc1C1=N/C(=C/c2ccco2)C(=O)O1. The van der Waals surface area contributed by atoms with Gasteiger partial charge in [0.05, 0.1) is 18.9 Å². The second-order valence-corrected chi connectivity index (χ2v) is 4.63. The molecule has 1 aliphatic heterocycles. The van der Waals surface area contributed by atoms with Crippen LogP contribution in [-0.4, -0.2) is 19.0 Å². The summed E-state index contributed by atoms with van der Waals surface area (Å²) in [5.74, 6) is 0.635. The average molecular weight is 304 g/mol. The molecule has 0 radical (unpaired) electrons. The van der Waals surface area contributed by atoms with E-state index in [1.54, 1.807) is 30.3 Å². The number of ether oxygens (including phenoxy) is 2. The quantitative estimate of drug-likeness (QED) is 0.645. The number of hydrogen-bond donors (Lipinski definition) is 0. The molecule has 0 saturated carbocycles. The number of carbonyl (C=O) groups excluding carboxylic acids is 1. The Kier molecular flexibility index (Phi) is 3.50. The summed E-state index contributed by atoms with van der Waals surface area (Å²) in [5.41, 5.74) is 0.670. The summed E-state index contributed by atoms with van der Waals surface area (Å²) in [6.45, 7) is 0. The third-order valence-corrected chi connectivity index (χ3v) is 3.07. The number of cyclic esters (lactones) is 1. The van der Waals surface area contributed by atoms with Gasteiger partial charge < -0.3 is 13.9 Å². The Morgan fingerprint density at radius 1 is 1.33 bits per heavy atom. The molecule has 5 nitrogen and oxygen atoms in total. The molecular weight excluding hydrogens is 294 g/mol. The third-order valence-electron chi connectivity index (χ3n) is 2.83. The molecule has 1 aliphatic rings. The van der Waals surface area contributed by atoms with Crippen LogP contribution in [0.2, 0.25) is 5.02 Å². The Bertz CT molecular complexity index is 747. The van der Waals surface area contributed by atoms with Gasteiger partial charge in [-0.1, -0.05) is 11.6 Å². The Labute approximate surface area is 125 Å². The maximum absolute atomic E-state index is 11.8. The van der Waals surface area contributed by atoms with Crippen LogP contribution in [0.15, 0.2) is 51.7 Å². The van der Waals surface area contributed by atoms with Gasteiger partial charge in [0.25, 0.3) is 0 Å². The van der Waals surface area contributed by atoms with E-state index in [1.165, 1.54) is 19.4 Å². The molecule has 0 amide bonds. The predicted molar refractivity (Wildman–Crippen MR) is 77.3 cm³/mol. The number of hydrogen-bond acceptors (Lipinski definition) is 5. The second kappa shape index (κ2) is 5.46. The van der Waals surface area contributed by atoms with Gasteiger partial charge in [-0.2, -0.15) is 0 Å². The topological polar surface area (TPSA) is 61.0 Å². The molecule has 0 atom stereocenters. The highest BCUT2D eigenvalue weighted by Gasteiger charge is 2.26. The molecule has 0 spiro atoms. The highest BCUT2D eigenvalue weighted by atomic mass is 35.5. The molecule has 1 aromatic heterocycles. The number of halogens is 1. The van der Waals surface area contributed by atoms with Gasteiger partial charge >= 0.3 is 5.97 Å². The standard InChI is InChI=1S/C15H10ClNO4/c1-19-13-5-4-9(16)7-11(13)14-17-12(15(18)21-14)8-10-3-2-6-20-10/h2-8H,1H3/b12-8+. The Balaban J connectivity index is 2.01. The van der Waals surface area contributed by atoms with Gasteiger partial charge in [0.2, 0.25) is 5.90 Å². The van der Waals surface area contributed by atoms with Crippen LogP contribution >= 0.6 is 11.6 Å². The number of carbonyl (C=O) groups is 1. The van der Waals surface area contributed by atoms with Crippen LogP contribution in [0.25, 0.3) is 6.08 Å². The minimum absolute atomic E-state index is 0.150. The first-order valence-corrected chi connectivity index (χ1v) is 6.45. The highest BCUT2D eigenvalue weighted by molar-refractivity contribution is 6.31. The summed E-state index contributed by atoms with van der Waals surface area (Å²) in [6, 6.07) is 8.43. The van der Waals surface area contributed by atoms with Crippen molar-refractivity contribution in [1.29, 1.82) is 0 Å². The number of rotatable bonds is 3. The smallest absolute Gasteiger partial charge is 0.363 e. The maximum atomic E-state index is 11.8. The van der Waals surface area contributed by atoms with E-state index in [1.807, 2.05) is 0 Å². The zero-order valence-electron chi connectivity index (χ0n) is 11.0. The predicted octanol–water partition coefficient (Wildman–Crippen LogP) is 3.29. The number of methoxy groups -OCH3 is 1. The molecule has 0 aliphatic carbocycles. The monoisotopic (exact) mass is 303 g/mol. The molecule has 3 rings (SSSR count). The normalized spacial score (nSPS) is 16.0. The molecular formula is C15H10ClNO4. The molecule has 2 heterocycles. The number of furan rings is 1. The maximum Gasteiger partial charge on any atom is 0.363 e. The third kappa shape index (κ3) is 2.68. The van der Waals surface area contributed by atoms with Gasteiger partial charge in [-0.25, -0.2) is 9.79 Å². The average Bonchev–Trinajstić information content (AvgIpc) is 3.10. The number of esters is 1. The second-order valence-electron chi connectivity index (χ2n) is 4.20. The lowest BCUT2D eigenvalue weighted by molar-refractivity contribution is -0.129. The van der Waals surface area contributed by atoms with Crippen molar-refractivity contribution < 1.29 is 18.7 Å². The van der Waals surface area contributed by atoms with Crippen molar-refractivity contribution >= 4 is 29.5 Å². The van der Waals surface area contributed by atoms with E-state index in [9.17, 15) is 4.79 Å².